The second-order valence-electron chi connectivity index (χ2n) is 3.00. The van der Waals surface area contributed by atoms with Crippen LogP contribution in [0.2, 0.25) is 0 Å². The summed E-state index contributed by atoms with van der Waals surface area (Å²) in [5, 5.41) is 1.50. The predicted molar refractivity (Wildman–Crippen MR) is 62.5 cm³/mol. The zero-order valence-electron chi connectivity index (χ0n) is 8.50. The van der Waals surface area contributed by atoms with Crippen LogP contribution >= 0.6 is 7.92 Å². The Balaban J connectivity index is 0.000000246. The first kappa shape index (κ1) is 13.6. The Bertz CT molecular complexity index is 265. The van der Waals surface area contributed by atoms with Gasteiger partial charge in [0.1, 0.15) is 0 Å². The maximum atomic E-state index is 2.27. The molecule has 0 radical (unpaired) electrons. The third-order valence-electron chi connectivity index (χ3n) is 1.72. The zero-order valence-corrected chi connectivity index (χ0v) is 10.5. The number of hydrogen-bond acceptors (Lipinski definition) is 0. The molecule has 0 saturated heterocycles. The van der Waals surface area contributed by atoms with Gasteiger partial charge >= 0.3 is 0 Å². The largest absolute Gasteiger partial charge is 0.748 e. The fourth-order valence-electron chi connectivity index (χ4n) is 0.983. The molecule has 2 rings (SSSR count). The van der Waals surface area contributed by atoms with E-state index < -0.39 is 0 Å². The molecule has 0 unspecified atom stereocenters. The van der Waals surface area contributed by atoms with Crippen molar-refractivity contribution in [2.75, 3.05) is 13.3 Å². The van der Waals surface area contributed by atoms with Gasteiger partial charge in [0.15, 0.2) is 0 Å². The Morgan fingerprint density at radius 1 is 0.857 bits per heavy atom. The maximum absolute atomic E-state index is 2.27. The van der Waals surface area contributed by atoms with Crippen molar-refractivity contribution in [3.8, 4) is 0 Å². The van der Waals surface area contributed by atoms with E-state index in [9.17, 15) is 0 Å². The Kier molecular flexibility index (Phi) is 7.80. The molecule has 0 heterocycles. The van der Waals surface area contributed by atoms with Gasteiger partial charge in [-0.25, -0.2) is 12.1 Å². The minimum atomic E-state index is 0. The van der Waals surface area contributed by atoms with Crippen LogP contribution in [0.4, 0.5) is 0 Å². The van der Waals surface area contributed by atoms with E-state index in [-0.39, 0.29) is 25.0 Å². The third-order valence-corrected chi connectivity index (χ3v) is 3.05. The van der Waals surface area contributed by atoms with Crippen molar-refractivity contribution in [1.29, 1.82) is 0 Å². The van der Waals surface area contributed by atoms with Gasteiger partial charge in [-0.15, -0.1) is 13.2 Å². The molecule has 0 nitrogen and oxygen atoms in total. The molecule has 14 heavy (non-hydrogen) atoms. The molecule has 0 fully saturated rings. The van der Waals surface area contributed by atoms with Crippen molar-refractivity contribution in [2.45, 2.75) is 0 Å². The van der Waals surface area contributed by atoms with Gasteiger partial charge in [0.2, 0.25) is 0 Å². The first-order chi connectivity index (χ1) is 6.30. The van der Waals surface area contributed by atoms with E-state index in [1.54, 1.807) is 0 Å². The Morgan fingerprint density at radius 3 is 1.43 bits per heavy atom. The van der Waals surface area contributed by atoms with E-state index in [1.807, 2.05) is 30.3 Å². The summed E-state index contributed by atoms with van der Waals surface area (Å²) in [6, 6.07) is 18.6. The van der Waals surface area contributed by atoms with Crippen LogP contribution in [0.3, 0.4) is 0 Å². The molecule has 2 aromatic rings. The van der Waals surface area contributed by atoms with E-state index in [4.69, 9.17) is 0 Å². The smallest absolute Gasteiger partial charge is 0 e. The monoisotopic (exact) mass is 246 g/mol. The molecule has 0 saturated carbocycles. The topological polar surface area (TPSA) is 0 Å². The van der Waals surface area contributed by atoms with Crippen molar-refractivity contribution < 1.29 is 17.1 Å². The molecule has 0 bridgehead atoms. The van der Waals surface area contributed by atoms with Crippen LogP contribution in [-0.4, -0.2) is 13.3 Å². The quantitative estimate of drug-likeness (QED) is 0.412. The fraction of sp³-hybridized carbons (Fsp3) is 0.167. The summed E-state index contributed by atoms with van der Waals surface area (Å²) < 4.78 is 0. The number of rotatable bonds is 1. The molecular weight excluding hydrogens is 231 g/mol. The molecule has 0 spiro atoms. The molecule has 0 aliphatic heterocycles. The summed E-state index contributed by atoms with van der Waals surface area (Å²) in [6.45, 7) is 4.54. The minimum absolute atomic E-state index is 0. The van der Waals surface area contributed by atoms with Gasteiger partial charge in [-0.05, 0) is 0 Å². The average Bonchev–Trinajstić information content (AvgIpc) is 2.82. The molecular formula is C12H15FeP-6. The van der Waals surface area contributed by atoms with Crippen molar-refractivity contribution in [3.05, 3.63) is 54.6 Å². The summed E-state index contributed by atoms with van der Waals surface area (Å²) >= 11 is 0. The normalized spacial score (nSPS) is 8.79. The summed E-state index contributed by atoms with van der Waals surface area (Å²) in [6.07, 6.45) is 0. The van der Waals surface area contributed by atoms with Crippen LogP contribution in [0.5, 0.6) is 0 Å². The van der Waals surface area contributed by atoms with Crippen LogP contribution in [0.1, 0.15) is 0 Å². The van der Waals surface area contributed by atoms with Gasteiger partial charge in [0, 0.05) is 17.1 Å². The van der Waals surface area contributed by atoms with Crippen LogP contribution in [0.25, 0.3) is 0 Å². The van der Waals surface area contributed by atoms with Crippen molar-refractivity contribution >= 4 is 13.2 Å². The first-order valence-electron chi connectivity index (χ1n) is 4.36. The SMILES string of the molecule is CP(C)[c-]1cccc1.[Fe].[cH-]1[cH-][cH-][cH-][cH-]1. The zero-order chi connectivity index (χ0) is 9.52. The molecule has 0 N–H and O–H groups in total. The third kappa shape index (κ3) is 5.39. The van der Waals surface area contributed by atoms with E-state index in [0.29, 0.717) is 0 Å². The number of hydrogen-bond donors (Lipinski definition) is 0. The molecule has 0 aliphatic rings. The van der Waals surface area contributed by atoms with E-state index in [2.05, 4.69) is 37.6 Å². The van der Waals surface area contributed by atoms with Gasteiger partial charge in [-0.3, -0.25) is 0 Å². The molecule has 0 aliphatic carbocycles. The summed E-state index contributed by atoms with van der Waals surface area (Å²) in [5.74, 6) is 0. The van der Waals surface area contributed by atoms with Crippen LogP contribution in [0, 0.1) is 0 Å². The standard InChI is InChI=1S/C7H10P.C5H5.Fe/c1-8(2)7-5-3-4-6-7;1-2-4-5-3-1;/h3-6H,1-2H3;1-5H;/q-1;-5;. The first-order valence-corrected chi connectivity index (χ1v) is 6.60. The Morgan fingerprint density at radius 2 is 1.21 bits per heavy atom. The average molecular weight is 246 g/mol. The van der Waals surface area contributed by atoms with Crippen molar-refractivity contribution in [3.63, 3.8) is 0 Å². The van der Waals surface area contributed by atoms with Gasteiger partial charge in [-0.1, -0.05) is 13.3 Å². The Labute approximate surface area is 98.3 Å². The van der Waals surface area contributed by atoms with Gasteiger partial charge in [0.05, 0.1) is 0 Å². The van der Waals surface area contributed by atoms with Crippen LogP contribution in [-0.2, 0) is 17.1 Å². The van der Waals surface area contributed by atoms with Gasteiger partial charge in [-0.2, -0.15) is 12.1 Å². The fourth-order valence-corrected chi connectivity index (χ4v) is 1.75. The second kappa shape index (κ2) is 8.00. The summed E-state index contributed by atoms with van der Waals surface area (Å²) in [5.41, 5.74) is 0. The molecule has 0 amide bonds. The maximum Gasteiger partial charge on any atom is 0 e. The molecule has 2 heteroatoms. The van der Waals surface area contributed by atoms with Gasteiger partial charge in [0.25, 0.3) is 0 Å². The van der Waals surface area contributed by atoms with E-state index in [0.717, 1.165) is 0 Å². The molecule has 0 aromatic heterocycles. The second-order valence-corrected chi connectivity index (χ2v) is 5.31. The molecule has 0 atom stereocenters. The van der Waals surface area contributed by atoms with E-state index in [1.165, 1.54) is 5.30 Å². The van der Waals surface area contributed by atoms with Crippen LogP contribution in [0.15, 0.2) is 54.6 Å². The Hall–Kier alpha value is -0.351. The molecule has 82 valence electrons. The summed E-state index contributed by atoms with van der Waals surface area (Å²) in [4.78, 5) is 0. The van der Waals surface area contributed by atoms with Crippen LogP contribution < -0.4 is 5.30 Å². The van der Waals surface area contributed by atoms with E-state index >= 15 is 0 Å². The molecule has 2 aromatic carbocycles. The van der Waals surface area contributed by atoms with Crippen molar-refractivity contribution in [1.82, 2.24) is 0 Å². The van der Waals surface area contributed by atoms with Crippen molar-refractivity contribution in [2.24, 2.45) is 0 Å². The summed E-state index contributed by atoms with van der Waals surface area (Å²) in [7, 11) is 0.141. The minimum Gasteiger partial charge on any atom is -0.748 e. The van der Waals surface area contributed by atoms with Gasteiger partial charge < -0.3 is 30.3 Å². The predicted octanol–water partition coefficient (Wildman–Crippen LogP) is 3.18.